The molecule has 1 aliphatic rings. The van der Waals surface area contributed by atoms with Gasteiger partial charge in [-0.05, 0) is 30.7 Å². The average molecular weight is 222 g/mol. The predicted molar refractivity (Wildman–Crippen MR) is 60.4 cm³/mol. The van der Waals surface area contributed by atoms with Gasteiger partial charge in [-0.1, -0.05) is 6.92 Å². The summed E-state index contributed by atoms with van der Waals surface area (Å²) in [6.45, 7) is 2.44. The lowest BCUT2D eigenvalue weighted by Crippen LogP contribution is -2.56. The molecule has 5 nitrogen and oxygen atoms in total. The number of primary amides is 1. The van der Waals surface area contributed by atoms with Gasteiger partial charge in [-0.25, -0.2) is 0 Å². The van der Waals surface area contributed by atoms with Gasteiger partial charge in [0.2, 0.25) is 5.91 Å². The van der Waals surface area contributed by atoms with E-state index in [1.54, 1.807) is 10.9 Å². The zero-order valence-corrected chi connectivity index (χ0v) is 9.52. The Labute approximate surface area is 94.8 Å². The van der Waals surface area contributed by atoms with E-state index in [4.69, 9.17) is 11.5 Å². The Morgan fingerprint density at radius 3 is 2.81 bits per heavy atom. The molecule has 2 rings (SSSR count). The largest absolute Gasteiger partial charge is 0.368 e. The number of amides is 1. The molecule has 1 aromatic heterocycles. The molecule has 1 aromatic rings. The van der Waals surface area contributed by atoms with Gasteiger partial charge in [0.1, 0.15) is 5.54 Å². The Bertz CT molecular complexity index is 396. The summed E-state index contributed by atoms with van der Waals surface area (Å²) in [7, 11) is 0. The Balaban J connectivity index is 2.14. The maximum Gasteiger partial charge on any atom is 0.239 e. The Morgan fingerprint density at radius 1 is 1.69 bits per heavy atom. The van der Waals surface area contributed by atoms with E-state index in [1.807, 2.05) is 6.20 Å². The highest BCUT2D eigenvalue weighted by Crippen LogP contribution is 2.39. The third kappa shape index (κ3) is 1.95. The van der Waals surface area contributed by atoms with Crippen molar-refractivity contribution in [3.05, 3.63) is 18.0 Å². The summed E-state index contributed by atoms with van der Waals surface area (Å²) in [6.07, 6.45) is 6.63. The van der Waals surface area contributed by atoms with E-state index in [-0.39, 0.29) is 5.92 Å². The molecule has 1 aliphatic carbocycles. The molecule has 5 heteroatoms. The number of nitrogens with zero attached hydrogens (tertiary/aromatic N) is 2. The summed E-state index contributed by atoms with van der Waals surface area (Å²) in [5.74, 6) is -0.206. The fourth-order valence-corrected chi connectivity index (χ4v) is 1.95. The molecule has 1 saturated carbocycles. The molecule has 0 bridgehead atoms. The molecule has 1 unspecified atom stereocenters. The second kappa shape index (κ2) is 3.90. The summed E-state index contributed by atoms with van der Waals surface area (Å²) < 4.78 is 1.72. The molecule has 88 valence electrons. The van der Waals surface area contributed by atoms with Gasteiger partial charge >= 0.3 is 0 Å². The van der Waals surface area contributed by atoms with E-state index < -0.39 is 11.4 Å². The van der Waals surface area contributed by atoms with E-state index in [9.17, 15) is 4.79 Å². The smallest absolute Gasteiger partial charge is 0.239 e. The molecule has 0 aromatic carbocycles. The van der Waals surface area contributed by atoms with Gasteiger partial charge in [0, 0.05) is 6.20 Å². The van der Waals surface area contributed by atoms with Crippen molar-refractivity contribution in [3.8, 4) is 0 Å². The van der Waals surface area contributed by atoms with Crippen LogP contribution in [0.3, 0.4) is 0 Å². The first-order valence-electron chi connectivity index (χ1n) is 5.66. The highest BCUT2D eigenvalue weighted by molar-refractivity contribution is 5.85. The van der Waals surface area contributed by atoms with Crippen molar-refractivity contribution in [3.63, 3.8) is 0 Å². The molecule has 0 radical (unpaired) electrons. The van der Waals surface area contributed by atoms with Crippen molar-refractivity contribution >= 4 is 5.91 Å². The first-order valence-corrected chi connectivity index (χ1v) is 5.66. The molecule has 1 fully saturated rings. The van der Waals surface area contributed by atoms with E-state index in [1.165, 1.54) is 0 Å². The molecule has 1 atom stereocenters. The maximum absolute atomic E-state index is 11.4. The minimum absolute atomic E-state index is 0.222. The van der Waals surface area contributed by atoms with Gasteiger partial charge in [0.05, 0.1) is 12.7 Å². The summed E-state index contributed by atoms with van der Waals surface area (Å²) >= 11 is 0. The molecular formula is C11H18N4O. The van der Waals surface area contributed by atoms with Crippen LogP contribution in [0.25, 0.3) is 0 Å². The standard InChI is InChI=1S/C11H18N4O/c1-2-8-5-14-15(6-8)7-11(13,10(12)16)9-3-4-9/h5-6,9H,2-4,7,13H2,1H3,(H2,12,16). The minimum Gasteiger partial charge on any atom is -0.368 e. The summed E-state index contributed by atoms with van der Waals surface area (Å²) in [5, 5.41) is 4.19. The number of aromatic nitrogens is 2. The SMILES string of the molecule is CCc1cnn(CC(N)(C(N)=O)C2CC2)c1. The molecule has 4 N–H and O–H groups in total. The second-order valence-electron chi connectivity index (χ2n) is 4.58. The van der Waals surface area contributed by atoms with Gasteiger partial charge < -0.3 is 11.5 Å². The molecule has 1 amide bonds. The molecule has 16 heavy (non-hydrogen) atoms. The highest BCUT2D eigenvalue weighted by atomic mass is 16.1. The average Bonchev–Trinajstić information content (AvgIpc) is 3.00. The van der Waals surface area contributed by atoms with Gasteiger partial charge in [-0.3, -0.25) is 9.48 Å². The normalized spacial score (nSPS) is 19.4. The first-order chi connectivity index (χ1) is 7.56. The van der Waals surface area contributed by atoms with Crippen LogP contribution in [-0.2, 0) is 17.8 Å². The van der Waals surface area contributed by atoms with Gasteiger partial charge in [0.25, 0.3) is 0 Å². The monoisotopic (exact) mass is 222 g/mol. The van der Waals surface area contributed by atoms with Gasteiger partial charge in [0.15, 0.2) is 0 Å². The number of nitrogens with two attached hydrogens (primary N) is 2. The number of hydrogen-bond acceptors (Lipinski definition) is 3. The lowest BCUT2D eigenvalue weighted by molar-refractivity contribution is -0.124. The van der Waals surface area contributed by atoms with Crippen LogP contribution < -0.4 is 11.5 Å². The zero-order chi connectivity index (χ0) is 11.8. The van der Waals surface area contributed by atoms with Crippen molar-refractivity contribution in [2.24, 2.45) is 17.4 Å². The van der Waals surface area contributed by atoms with Crippen molar-refractivity contribution in [1.29, 1.82) is 0 Å². The molecular weight excluding hydrogens is 204 g/mol. The van der Waals surface area contributed by atoms with Crippen LogP contribution in [0.15, 0.2) is 12.4 Å². The second-order valence-corrected chi connectivity index (χ2v) is 4.58. The molecule has 0 saturated heterocycles. The van der Waals surface area contributed by atoms with Crippen LogP contribution in [0.5, 0.6) is 0 Å². The lowest BCUT2D eigenvalue weighted by atomic mass is 9.94. The molecule has 0 spiro atoms. The summed E-state index contributed by atoms with van der Waals surface area (Å²) in [4.78, 5) is 11.4. The van der Waals surface area contributed by atoms with Crippen LogP contribution in [0.4, 0.5) is 0 Å². The van der Waals surface area contributed by atoms with Gasteiger partial charge in [-0.2, -0.15) is 5.10 Å². The quantitative estimate of drug-likeness (QED) is 0.737. The summed E-state index contributed by atoms with van der Waals surface area (Å²) in [6, 6.07) is 0. The fourth-order valence-electron chi connectivity index (χ4n) is 1.95. The van der Waals surface area contributed by atoms with Crippen LogP contribution in [-0.4, -0.2) is 21.2 Å². The third-order valence-corrected chi connectivity index (χ3v) is 3.28. The van der Waals surface area contributed by atoms with Crippen LogP contribution in [0.2, 0.25) is 0 Å². The first kappa shape index (κ1) is 11.1. The van der Waals surface area contributed by atoms with E-state index in [0.717, 1.165) is 24.8 Å². The van der Waals surface area contributed by atoms with Crippen molar-refractivity contribution in [2.45, 2.75) is 38.3 Å². The van der Waals surface area contributed by atoms with E-state index in [2.05, 4.69) is 12.0 Å². The van der Waals surface area contributed by atoms with Crippen LogP contribution in [0.1, 0.15) is 25.3 Å². The number of rotatable bonds is 5. The number of carbonyl (C=O) groups is 1. The minimum atomic E-state index is -0.934. The van der Waals surface area contributed by atoms with Crippen LogP contribution in [0, 0.1) is 5.92 Å². The fraction of sp³-hybridized carbons (Fsp3) is 0.636. The van der Waals surface area contributed by atoms with Crippen molar-refractivity contribution in [2.75, 3.05) is 0 Å². The third-order valence-electron chi connectivity index (χ3n) is 3.28. The molecule has 1 heterocycles. The van der Waals surface area contributed by atoms with E-state index >= 15 is 0 Å². The van der Waals surface area contributed by atoms with E-state index in [0.29, 0.717) is 6.54 Å². The molecule has 0 aliphatic heterocycles. The zero-order valence-electron chi connectivity index (χ0n) is 9.52. The maximum atomic E-state index is 11.4. The number of hydrogen-bond donors (Lipinski definition) is 2. The number of carbonyl (C=O) groups excluding carboxylic acids is 1. The predicted octanol–water partition coefficient (Wildman–Crippen LogP) is 0.0383. The Hall–Kier alpha value is -1.36. The Morgan fingerprint density at radius 2 is 2.38 bits per heavy atom. The number of aryl methyl sites for hydroxylation is 1. The highest BCUT2D eigenvalue weighted by Gasteiger charge is 2.47. The van der Waals surface area contributed by atoms with Crippen molar-refractivity contribution < 1.29 is 4.79 Å². The Kier molecular flexibility index (Phi) is 2.71. The lowest BCUT2D eigenvalue weighted by Gasteiger charge is -2.25. The van der Waals surface area contributed by atoms with Crippen molar-refractivity contribution in [1.82, 2.24) is 9.78 Å². The summed E-state index contributed by atoms with van der Waals surface area (Å²) in [5.41, 5.74) is 11.7. The van der Waals surface area contributed by atoms with Gasteiger partial charge in [-0.15, -0.1) is 0 Å². The van der Waals surface area contributed by atoms with Crippen LogP contribution >= 0.6 is 0 Å². The topological polar surface area (TPSA) is 86.9 Å².